The highest BCUT2D eigenvalue weighted by molar-refractivity contribution is 9.10. The van der Waals surface area contributed by atoms with Crippen molar-refractivity contribution in [2.24, 2.45) is 0 Å². The smallest absolute Gasteiger partial charge is 0.209 e. The van der Waals surface area contributed by atoms with E-state index in [0.717, 1.165) is 49.4 Å². The largest absolute Gasteiger partial charge is 0.353 e. The van der Waals surface area contributed by atoms with Crippen LogP contribution < -0.4 is 4.90 Å². The second-order valence-electron chi connectivity index (χ2n) is 3.68. The number of rotatable bonds is 2. The number of amides is 1. The lowest BCUT2D eigenvalue weighted by molar-refractivity contribution is -0.117. The molecule has 0 N–H and O–H groups in total. The Labute approximate surface area is 103 Å². The molecule has 0 saturated carbocycles. The lowest BCUT2D eigenvalue weighted by atomic mass is 10.4. The van der Waals surface area contributed by atoms with Gasteiger partial charge in [0.1, 0.15) is 10.4 Å². The number of aromatic nitrogens is 2. The molecule has 0 bridgehead atoms. The molecule has 0 aromatic carbocycles. The average molecular weight is 285 g/mol. The molecular formula is C10H13BrN4O. The van der Waals surface area contributed by atoms with E-state index in [0.29, 0.717) is 0 Å². The molecule has 1 aliphatic heterocycles. The van der Waals surface area contributed by atoms with Crippen LogP contribution in [0.5, 0.6) is 0 Å². The molecule has 1 aromatic heterocycles. The maximum atomic E-state index is 10.7. The fraction of sp³-hybridized carbons (Fsp3) is 0.500. The molecule has 1 amide bonds. The summed E-state index contributed by atoms with van der Waals surface area (Å²) in [5.41, 5.74) is 0. The summed E-state index contributed by atoms with van der Waals surface area (Å²) in [6.07, 6.45) is 5.30. The molecule has 0 atom stereocenters. The van der Waals surface area contributed by atoms with Crippen molar-refractivity contribution in [2.45, 2.75) is 6.42 Å². The maximum Gasteiger partial charge on any atom is 0.209 e. The topological polar surface area (TPSA) is 49.3 Å². The zero-order valence-corrected chi connectivity index (χ0v) is 10.4. The first-order valence-corrected chi connectivity index (χ1v) is 6.01. The van der Waals surface area contributed by atoms with Crippen LogP contribution in [0, 0.1) is 0 Å². The van der Waals surface area contributed by atoms with Gasteiger partial charge in [0, 0.05) is 26.2 Å². The molecule has 1 aliphatic rings. The summed E-state index contributed by atoms with van der Waals surface area (Å²) in [5, 5.41) is 0. The molecule has 1 saturated heterocycles. The van der Waals surface area contributed by atoms with E-state index in [2.05, 4.69) is 30.8 Å². The normalized spacial score (nSPS) is 17.1. The molecule has 0 unspecified atom stereocenters. The molecule has 0 aliphatic carbocycles. The molecule has 6 heteroatoms. The van der Waals surface area contributed by atoms with Crippen LogP contribution in [0.3, 0.4) is 0 Å². The quantitative estimate of drug-likeness (QED) is 0.758. The van der Waals surface area contributed by atoms with Crippen LogP contribution in [0.4, 0.5) is 5.82 Å². The third kappa shape index (κ3) is 2.69. The van der Waals surface area contributed by atoms with Crippen molar-refractivity contribution in [1.82, 2.24) is 14.9 Å². The molecule has 0 radical (unpaired) electrons. The van der Waals surface area contributed by atoms with Crippen LogP contribution >= 0.6 is 15.9 Å². The van der Waals surface area contributed by atoms with Gasteiger partial charge in [-0.15, -0.1) is 0 Å². The Bertz CT molecular complexity index is 374. The van der Waals surface area contributed by atoms with E-state index in [1.165, 1.54) is 0 Å². The van der Waals surface area contributed by atoms with E-state index in [-0.39, 0.29) is 0 Å². The molecular weight excluding hydrogens is 272 g/mol. The third-order valence-electron chi connectivity index (χ3n) is 2.60. The number of halogens is 1. The van der Waals surface area contributed by atoms with Gasteiger partial charge >= 0.3 is 0 Å². The van der Waals surface area contributed by atoms with Crippen LogP contribution in [0.25, 0.3) is 0 Å². The van der Waals surface area contributed by atoms with Gasteiger partial charge in [-0.3, -0.25) is 9.78 Å². The Morgan fingerprint density at radius 3 is 2.88 bits per heavy atom. The lowest BCUT2D eigenvalue weighted by Gasteiger charge is -2.20. The molecule has 16 heavy (non-hydrogen) atoms. The first-order valence-electron chi connectivity index (χ1n) is 5.21. The van der Waals surface area contributed by atoms with Crippen LogP contribution in [0.2, 0.25) is 0 Å². The molecule has 0 spiro atoms. The summed E-state index contributed by atoms with van der Waals surface area (Å²) < 4.78 is 0.737. The van der Waals surface area contributed by atoms with Crippen LogP contribution in [-0.2, 0) is 4.79 Å². The van der Waals surface area contributed by atoms with E-state index >= 15 is 0 Å². The van der Waals surface area contributed by atoms with Gasteiger partial charge < -0.3 is 9.80 Å². The van der Waals surface area contributed by atoms with Gasteiger partial charge in [-0.25, -0.2) is 4.98 Å². The van der Waals surface area contributed by atoms with Gasteiger partial charge in [-0.1, -0.05) is 0 Å². The molecule has 2 heterocycles. The van der Waals surface area contributed by atoms with Gasteiger partial charge in [-0.05, 0) is 22.4 Å². The lowest BCUT2D eigenvalue weighted by Crippen LogP contribution is -2.30. The van der Waals surface area contributed by atoms with Crippen molar-refractivity contribution in [1.29, 1.82) is 0 Å². The highest BCUT2D eigenvalue weighted by Crippen LogP contribution is 2.14. The summed E-state index contributed by atoms with van der Waals surface area (Å²) in [6, 6.07) is 0. The van der Waals surface area contributed by atoms with Crippen molar-refractivity contribution in [2.75, 3.05) is 31.1 Å². The standard InChI is InChI=1S/C10H13BrN4O/c11-9-6-12-7-10(13-9)15-3-1-2-14(8-16)4-5-15/h6-8H,1-5H2. The van der Waals surface area contributed by atoms with Crippen molar-refractivity contribution in [3.05, 3.63) is 17.0 Å². The highest BCUT2D eigenvalue weighted by Gasteiger charge is 2.14. The molecule has 5 nitrogen and oxygen atoms in total. The predicted octanol–water partition coefficient (Wildman–Crippen LogP) is 0.908. The Balaban J connectivity index is 2.07. The summed E-state index contributed by atoms with van der Waals surface area (Å²) in [4.78, 5) is 23.1. The van der Waals surface area contributed by atoms with E-state index in [1.54, 1.807) is 17.3 Å². The Morgan fingerprint density at radius 2 is 2.12 bits per heavy atom. The summed E-state index contributed by atoms with van der Waals surface area (Å²) in [7, 11) is 0. The fourth-order valence-electron chi connectivity index (χ4n) is 1.76. The fourth-order valence-corrected chi connectivity index (χ4v) is 2.06. The maximum absolute atomic E-state index is 10.7. The minimum atomic E-state index is 0.737. The molecule has 86 valence electrons. The van der Waals surface area contributed by atoms with Crippen molar-refractivity contribution in [3.8, 4) is 0 Å². The van der Waals surface area contributed by atoms with E-state index < -0.39 is 0 Å². The Kier molecular flexibility index (Phi) is 3.71. The number of nitrogens with zero attached hydrogens (tertiary/aromatic N) is 4. The van der Waals surface area contributed by atoms with Gasteiger partial charge in [0.2, 0.25) is 6.41 Å². The molecule has 1 fully saturated rings. The zero-order valence-electron chi connectivity index (χ0n) is 8.84. The Morgan fingerprint density at radius 1 is 1.25 bits per heavy atom. The van der Waals surface area contributed by atoms with Crippen LogP contribution in [0.1, 0.15) is 6.42 Å². The number of anilines is 1. The summed E-state index contributed by atoms with van der Waals surface area (Å²) in [6.45, 7) is 3.29. The first-order chi connectivity index (χ1) is 7.79. The molecule has 1 aromatic rings. The van der Waals surface area contributed by atoms with Crippen LogP contribution in [0.15, 0.2) is 17.0 Å². The monoisotopic (exact) mass is 284 g/mol. The second-order valence-corrected chi connectivity index (χ2v) is 4.49. The number of carbonyl (C=O) groups excluding carboxylic acids is 1. The van der Waals surface area contributed by atoms with Gasteiger partial charge in [0.05, 0.1) is 12.4 Å². The third-order valence-corrected chi connectivity index (χ3v) is 2.98. The van der Waals surface area contributed by atoms with Gasteiger partial charge in [-0.2, -0.15) is 0 Å². The first kappa shape index (κ1) is 11.3. The Hall–Kier alpha value is -1.17. The SMILES string of the molecule is O=CN1CCCN(c2cncc(Br)n2)CC1. The average Bonchev–Trinajstić information content (AvgIpc) is 2.54. The molecule has 2 rings (SSSR count). The number of hydrogen-bond acceptors (Lipinski definition) is 4. The van der Waals surface area contributed by atoms with Gasteiger partial charge in [0.25, 0.3) is 0 Å². The van der Waals surface area contributed by atoms with Crippen molar-refractivity contribution >= 4 is 28.2 Å². The van der Waals surface area contributed by atoms with Crippen LogP contribution in [-0.4, -0.2) is 47.5 Å². The zero-order chi connectivity index (χ0) is 11.4. The minimum Gasteiger partial charge on any atom is -0.353 e. The van der Waals surface area contributed by atoms with Crippen molar-refractivity contribution < 1.29 is 4.79 Å². The van der Waals surface area contributed by atoms with Gasteiger partial charge in [0.15, 0.2) is 0 Å². The van der Waals surface area contributed by atoms with E-state index in [9.17, 15) is 4.79 Å². The summed E-state index contributed by atoms with van der Waals surface area (Å²) >= 11 is 3.31. The summed E-state index contributed by atoms with van der Waals surface area (Å²) in [5.74, 6) is 0.863. The number of hydrogen-bond donors (Lipinski definition) is 0. The number of carbonyl (C=O) groups is 1. The second kappa shape index (κ2) is 5.25. The minimum absolute atomic E-state index is 0.737. The predicted molar refractivity (Wildman–Crippen MR) is 64.2 cm³/mol. The van der Waals surface area contributed by atoms with Crippen molar-refractivity contribution in [3.63, 3.8) is 0 Å². The van der Waals surface area contributed by atoms with E-state index in [4.69, 9.17) is 0 Å². The highest BCUT2D eigenvalue weighted by atomic mass is 79.9. The van der Waals surface area contributed by atoms with E-state index in [1.807, 2.05) is 0 Å².